The van der Waals surface area contributed by atoms with Crippen LogP contribution in [-0.2, 0) is 6.54 Å². The highest BCUT2D eigenvalue weighted by molar-refractivity contribution is 6.31. The Morgan fingerprint density at radius 1 is 1.35 bits per heavy atom. The van der Waals surface area contributed by atoms with Gasteiger partial charge in [-0.25, -0.2) is 4.98 Å². The number of rotatable bonds is 7. The molecule has 0 fully saturated rings. The van der Waals surface area contributed by atoms with Crippen LogP contribution in [0.5, 0.6) is 0 Å². The average molecular weight is 310 g/mol. The van der Waals surface area contributed by atoms with E-state index < -0.39 is 12.7 Å². The molecular formula is C13H19ClF3N3. The van der Waals surface area contributed by atoms with Crippen LogP contribution in [0, 0.1) is 0 Å². The predicted octanol–water partition coefficient (Wildman–Crippen LogP) is 3.62. The molecule has 114 valence electrons. The molecule has 0 aliphatic carbocycles. The zero-order chi connectivity index (χ0) is 15.2. The maximum absolute atomic E-state index is 12.6. The van der Waals surface area contributed by atoms with Gasteiger partial charge < -0.3 is 10.2 Å². The van der Waals surface area contributed by atoms with Gasteiger partial charge in [-0.05, 0) is 24.6 Å². The lowest BCUT2D eigenvalue weighted by molar-refractivity contribution is -0.119. The van der Waals surface area contributed by atoms with Crippen molar-refractivity contribution in [2.24, 2.45) is 0 Å². The Hall–Kier alpha value is -1.01. The highest BCUT2D eigenvalue weighted by atomic mass is 35.5. The maximum Gasteiger partial charge on any atom is 0.405 e. The maximum atomic E-state index is 12.6. The van der Waals surface area contributed by atoms with E-state index in [1.807, 2.05) is 13.8 Å². The molecule has 1 heterocycles. The molecule has 20 heavy (non-hydrogen) atoms. The predicted molar refractivity (Wildman–Crippen MR) is 75.2 cm³/mol. The van der Waals surface area contributed by atoms with Crippen LogP contribution in [0.3, 0.4) is 0 Å². The summed E-state index contributed by atoms with van der Waals surface area (Å²) in [5.74, 6) is 0.307. The second-order valence-electron chi connectivity index (χ2n) is 4.45. The second kappa shape index (κ2) is 7.69. The van der Waals surface area contributed by atoms with E-state index in [4.69, 9.17) is 11.6 Å². The van der Waals surface area contributed by atoms with Crippen molar-refractivity contribution in [3.05, 3.63) is 22.8 Å². The molecule has 0 aliphatic rings. The largest absolute Gasteiger partial charge is 0.405 e. The van der Waals surface area contributed by atoms with Crippen molar-refractivity contribution in [3.8, 4) is 0 Å². The van der Waals surface area contributed by atoms with E-state index in [9.17, 15) is 13.2 Å². The summed E-state index contributed by atoms with van der Waals surface area (Å²) in [6.45, 7) is 4.35. The molecular weight excluding hydrogens is 291 g/mol. The van der Waals surface area contributed by atoms with Crippen molar-refractivity contribution >= 4 is 17.4 Å². The Morgan fingerprint density at radius 2 is 2.05 bits per heavy atom. The minimum Gasteiger partial charge on any atom is -0.348 e. The van der Waals surface area contributed by atoms with E-state index >= 15 is 0 Å². The number of anilines is 1. The average Bonchev–Trinajstić information content (AvgIpc) is 2.36. The van der Waals surface area contributed by atoms with E-state index in [0.29, 0.717) is 30.4 Å². The topological polar surface area (TPSA) is 28.2 Å². The van der Waals surface area contributed by atoms with Crippen molar-refractivity contribution in [3.63, 3.8) is 0 Å². The highest BCUT2D eigenvalue weighted by Gasteiger charge is 2.31. The Kier molecular flexibility index (Phi) is 6.55. The number of aromatic nitrogens is 1. The van der Waals surface area contributed by atoms with Crippen LogP contribution in [0.1, 0.15) is 25.8 Å². The molecule has 1 aromatic rings. The minimum atomic E-state index is -4.25. The van der Waals surface area contributed by atoms with Crippen molar-refractivity contribution in [2.75, 3.05) is 24.5 Å². The Labute approximate surface area is 122 Å². The molecule has 0 aliphatic heterocycles. The summed E-state index contributed by atoms with van der Waals surface area (Å²) in [7, 11) is 0. The molecule has 7 heteroatoms. The van der Waals surface area contributed by atoms with Gasteiger partial charge in [0.2, 0.25) is 0 Å². The van der Waals surface area contributed by atoms with Crippen LogP contribution in [0.2, 0.25) is 5.02 Å². The zero-order valence-electron chi connectivity index (χ0n) is 11.6. The van der Waals surface area contributed by atoms with E-state index in [-0.39, 0.29) is 0 Å². The van der Waals surface area contributed by atoms with Crippen LogP contribution in [0.15, 0.2) is 12.3 Å². The molecule has 0 aromatic carbocycles. The summed E-state index contributed by atoms with van der Waals surface area (Å²) in [5, 5.41) is 3.56. The number of alkyl halides is 3. The summed E-state index contributed by atoms with van der Waals surface area (Å²) in [6.07, 6.45) is -2.23. The number of pyridine rings is 1. The first kappa shape index (κ1) is 17.0. The summed E-state index contributed by atoms with van der Waals surface area (Å²) in [4.78, 5) is 5.24. The molecule has 0 saturated carbocycles. The first-order chi connectivity index (χ1) is 9.37. The summed E-state index contributed by atoms with van der Waals surface area (Å²) in [6, 6.07) is 1.62. The number of hydrogen-bond acceptors (Lipinski definition) is 3. The van der Waals surface area contributed by atoms with Gasteiger partial charge in [-0.15, -0.1) is 0 Å². The molecule has 0 unspecified atom stereocenters. The standard InChI is InChI=1S/C13H19ClF3N3/c1-3-5-20(9-13(15,16)17)12-6-10(7-18-4-2)11(14)8-19-12/h6,8,18H,3-5,7,9H2,1-2H3. The Balaban J connectivity index is 2.95. The number of nitrogens with zero attached hydrogens (tertiary/aromatic N) is 2. The van der Waals surface area contributed by atoms with E-state index in [1.165, 1.54) is 11.1 Å². The van der Waals surface area contributed by atoms with Crippen LogP contribution in [0.25, 0.3) is 0 Å². The normalized spacial score (nSPS) is 11.7. The molecule has 3 nitrogen and oxygen atoms in total. The molecule has 0 spiro atoms. The lowest BCUT2D eigenvalue weighted by atomic mass is 10.2. The van der Waals surface area contributed by atoms with Crippen molar-refractivity contribution in [1.29, 1.82) is 0 Å². The monoisotopic (exact) mass is 309 g/mol. The molecule has 0 amide bonds. The van der Waals surface area contributed by atoms with Crippen molar-refractivity contribution in [1.82, 2.24) is 10.3 Å². The fourth-order valence-corrected chi connectivity index (χ4v) is 1.97. The molecule has 1 rings (SSSR count). The number of nitrogens with one attached hydrogen (secondary N) is 1. The van der Waals surface area contributed by atoms with Crippen molar-refractivity contribution in [2.45, 2.75) is 33.0 Å². The van der Waals surface area contributed by atoms with Gasteiger partial charge in [0.1, 0.15) is 12.4 Å². The molecule has 0 radical (unpaired) electrons. The lowest BCUT2D eigenvalue weighted by Gasteiger charge is -2.25. The van der Waals surface area contributed by atoms with E-state index in [2.05, 4.69) is 10.3 Å². The van der Waals surface area contributed by atoms with Crippen LogP contribution < -0.4 is 10.2 Å². The van der Waals surface area contributed by atoms with Gasteiger partial charge in [-0.2, -0.15) is 13.2 Å². The Morgan fingerprint density at radius 3 is 2.60 bits per heavy atom. The van der Waals surface area contributed by atoms with Gasteiger partial charge in [-0.1, -0.05) is 25.4 Å². The van der Waals surface area contributed by atoms with Gasteiger partial charge >= 0.3 is 6.18 Å². The third-order valence-corrected chi connectivity index (χ3v) is 3.01. The van der Waals surface area contributed by atoms with Gasteiger partial charge in [-0.3, -0.25) is 0 Å². The third-order valence-electron chi connectivity index (χ3n) is 2.67. The minimum absolute atomic E-state index is 0.300. The first-order valence-corrected chi connectivity index (χ1v) is 6.92. The fourth-order valence-electron chi connectivity index (χ4n) is 1.80. The molecule has 1 aromatic heterocycles. The SMILES string of the molecule is CCCN(CC(F)(F)F)c1cc(CNCC)c(Cl)cn1. The smallest absolute Gasteiger partial charge is 0.348 e. The number of halogens is 4. The van der Waals surface area contributed by atoms with Gasteiger partial charge in [0.05, 0.1) is 5.02 Å². The third kappa shape index (κ3) is 5.54. The number of hydrogen-bond donors (Lipinski definition) is 1. The molecule has 0 saturated heterocycles. The first-order valence-electron chi connectivity index (χ1n) is 6.54. The fraction of sp³-hybridized carbons (Fsp3) is 0.615. The van der Waals surface area contributed by atoms with E-state index in [0.717, 1.165) is 12.1 Å². The van der Waals surface area contributed by atoms with Gasteiger partial charge in [0, 0.05) is 19.3 Å². The summed E-state index contributed by atoms with van der Waals surface area (Å²) < 4.78 is 37.8. The van der Waals surface area contributed by atoms with Gasteiger partial charge in [0.25, 0.3) is 0 Å². The zero-order valence-corrected chi connectivity index (χ0v) is 12.4. The molecule has 0 atom stereocenters. The summed E-state index contributed by atoms with van der Waals surface area (Å²) in [5.41, 5.74) is 0.752. The lowest BCUT2D eigenvalue weighted by Crippen LogP contribution is -2.35. The van der Waals surface area contributed by atoms with Crippen molar-refractivity contribution < 1.29 is 13.2 Å². The quantitative estimate of drug-likeness (QED) is 0.834. The second-order valence-corrected chi connectivity index (χ2v) is 4.86. The molecule has 0 bridgehead atoms. The van der Waals surface area contributed by atoms with Crippen LogP contribution in [0.4, 0.5) is 19.0 Å². The Bertz CT molecular complexity index is 424. The van der Waals surface area contributed by atoms with Crippen LogP contribution in [-0.4, -0.2) is 30.8 Å². The van der Waals surface area contributed by atoms with Crippen LogP contribution >= 0.6 is 11.6 Å². The van der Waals surface area contributed by atoms with E-state index in [1.54, 1.807) is 6.07 Å². The molecule has 1 N–H and O–H groups in total. The van der Waals surface area contributed by atoms with Gasteiger partial charge in [0.15, 0.2) is 0 Å². The summed E-state index contributed by atoms with van der Waals surface area (Å²) >= 11 is 6.00. The highest BCUT2D eigenvalue weighted by Crippen LogP contribution is 2.24.